The van der Waals surface area contributed by atoms with Crippen molar-refractivity contribution in [2.24, 2.45) is 0 Å². The van der Waals surface area contributed by atoms with Crippen molar-refractivity contribution in [2.45, 2.75) is 39.6 Å². The second-order valence-electron chi connectivity index (χ2n) is 8.25. The molecule has 196 valence electrons. The molecule has 0 spiro atoms. The van der Waals surface area contributed by atoms with Gasteiger partial charge < -0.3 is 14.8 Å². The van der Waals surface area contributed by atoms with Gasteiger partial charge in [-0.15, -0.1) is 0 Å². The smallest absolute Gasteiger partial charge is 0.382 e. The number of ether oxygens (including phenoxy) is 1. The first-order valence-electron chi connectivity index (χ1n) is 11.1. The highest BCUT2D eigenvalue weighted by atomic mass is 32.2. The molecule has 3 rings (SSSR count). The molecule has 0 aliphatic carbocycles. The first kappa shape index (κ1) is 28.2. The van der Waals surface area contributed by atoms with Crippen LogP contribution >= 0.6 is 19.5 Å². The zero-order chi connectivity index (χ0) is 26.2. The minimum Gasteiger partial charge on any atom is -0.382 e. The molecule has 1 unspecified atom stereocenters. The Labute approximate surface area is 212 Å². The number of aromatic amines is 1. The Morgan fingerprint density at radius 3 is 2.67 bits per heavy atom. The van der Waals surface area contributed by atoms with E-state index in [2.05, 4.69) is 20.0 Å². The summed E-state index contributed by atoms with van der Waals surface area (Å²) < 4.78 is 31.4. The summed E-state index contributed by atoms with van der Waals surface area (Å²) in [5, 5.41) is 12.1. The predicted molar refractivity (Wildman–Crippen MR) is 135 cm³/mol. The van der Waals surface area contributed by atoms with Gasteiger partial charge >= 0.3 is 7.75 Å². The maximum absolute atomic E-state index is 13.3. The van der Waals surface area contributed by atoms with Crippen LogP contribution in [0.3, 0.4) is 0 Å². The predicted octanol–water partition coefficient (Wildman–Crippen LogP) is 2.36. The van der Waals surface area contributed by atoms with E-state index in [-0.39, 0.29) is 49.9 Å². The van der Waals surface area contributed by atoms with E-state index in [9.17, 15) is 19.3 Å². The van der Waals surface area contributed by atoms with E-state index in [0.717, 1.165) is 17.3 Å². The number of carbonyl (C=O) groups is 1. The summed E-state index contributed by atoms with van der Waals surface area (Å²) in [6.45, 7) is 4.78. The summed E-state index contributed by atoms with van der Waals surface area (Å²) >= 11 is 0.890. The standard InChI is InChI=1S/C22H30N5O7PS/c1-16-25-19-18(20(28)26-16)23-14-27(19)15-32-9-10-33-35(31,24-13-17-7-5-4-6-8-17)34-11-12-36-21(29)22(2,3)30/h4-8,14,30H,9-13,15H2,1-3H3,(H,24,31)(H,25,26,28). The lowest BCUT2D eigenvalue weighted by molar-refractivity contribution is -0.124. The molecular weight excluding hydrogens is 509 g/mol. The molecular formula is C22H30N5O7PS. The maximum Gasteiger partial charge on any atom is 0.405 e. The molecule has 0 saturated carbocycles. The second-order valence-corrected chi connectivity index (χ2v) is 11.1. The molecule has 14 heteroatoms. The van der Waals surface area contributed by atoms with Crippen molar-refractivity contribution in [3.8, 4) is 0 Å². The molecule has 0 fully saturated rings. The number of hydrogen-bond donors (Lipinski definition) is 3. The molecule has 1 atom stereocenters. The van der Waals surface area contributed by atoms with Gasteiger partial charge in [-0.05, 0) is 26.3 Å². The van der Waals surface area contributed by atoms with Gasteiger partial charge in [-0.1, -0.05) is 42.1 Å². The van der Waals surface area contributed by atoms with Crippen LogP contribution in [-0.2, 0) is 36.4 Å². The highest BCUT2D eigenvalue weighted by Crippen LogP contribution is 2.44. The summed E-state index contributed by atoms with van der Waals surface area (Å²) in [7, 11) is -3.73. The Morgan fingerprint density at radius 1 is 1.22 bits per heavy atom. The lowest BCUT2D eigenvalue weighted by Gasteiger charge is -2.20. The molecule has 0 radical (unpaired) electrons. The van der Waals surface area contributed by atoms with E-state index in [1.54, 1.807) is 11.5 Å². The fraction of sp³-hybridized carbons (Fsp3) is 0.455. The van der Waals surface area contributed by atoms with Gasteiger partial charge in [0.15, 0.2) is 11.2 Å². The molecule has 0 aliphatic rings. The number of nitrogens with one attached hydrogen (secondary N) is 2. The Morgan fingerprint density at radius 2 is 1.94 bits per heavy atom. The third-order valence-corrected chi connectivity index (χ3v) is 7.43. The second kappa shape index (κ2) is 12.7. The molecule has 12 nitrogen and oxygen atoms in total. The number of H-pyrrole nitrogens is 1. The number of aliphatic hydroxyl groups is 1. The maximum atomic E-state index is 13.3. The van der Waals surface area contributed by atoms with Crippen molar-refractivity contribution in [3.05, 3.63) is 58.4 Å². The van der Waals surface area contributed by atoms with Gasteiger partial charge in [0.05, 0.1) is 26.1 Å². The van der Waals surface area contributed by atoms with E-state index in [0.29, 0.717) is 11.5 Å². The van der Waals surface area contributed by atoms with Crippen molar-refractivity contribution in [3.63, 3.8) is 0 Å². The lowest BCUT2D eigenvalue weighted by atomic mass is 10.2. The normalized spacial score (nSPS) is 13.7. The van der Waals surface area contributed by atoms with E-state index < -0.39 is 18.5 Å². The first-order valence-corrected chi connectivity index (χ1v) is 13.7. The van der Waals surface area contributed by atoms with Crippen LogP contribution < -0.4 is 10.6 Å². The van der Waals surface area contributed by atoms with Gasteiger partial charge in [-0.2, -0.15) is 0 Å². The summed E-state index contributed by atoms with van der Waals surface area (Å²) in [4.78, 5) is 34.7. The Balaban J connectivity index is 1.51. The minimum atomic E-state index is -3.73. The number of thioether (sulfide) groups is 1. The fourth-order valence-corrected chi connectivity index (χ4v) is 5.03. The zero-order valence-corrected chi connectivity index (χ0v) is 22.0. The Hall–Kier alpha value is -2.38. The number of nitrogens with zero attached hydrogens (tertiary/aromatic N) is 3. The van der Waals surface area contributed by atoms with Crippen LogP contribution in [0.1, 0.15) is 25.2 Å². The van der Waals surface area contributed by atoms with Crippen LogP contribution in [0, 0.1) is 6.92 Å². The molecule has 0 bridgehead atoms. The number of carbonyl (C=O) groups excluding carboxylic acids is 1. The number of fused-ring (bicyclic) bond motifs is 1. The number of imidazole rings is 1. The van der Waals surface area contributed by atoms with Crippen molar-refractivity contribution in [2.75, 3.05) is 25.6 Å². The summed E-state index contributed by atoms with van der Waals surface area (Å²) in [5.41, 5.74) is -0.295. The summed E-state index contributed by atoms with van der Waals surface area (Å²) in [6.07, 6.45) is 1.45. The topological polar surface area (TPSA) is 158 Å². The average molecular weight is 540 g/mol. The van der Waals surface area contributed by atoms with E-state index >= 15 is 0 Å². The first-order chi connectivity index (χ1) is 17.1. The SMILES string of the molecule is Cc1nc2c(ncn2COCCOP(=O)(NCc2ccccc2)OCCSC(=O)C(C)(C)O)c(=O)[nH]1. The molecule has 3 N–H and O–H groups in total. The molecule has 2 heterocycles. The van der Waals surface area contributed by atoms with Gasteiger partial charge in [0, 0.05) is 12.3 Å². The number of aromatic nitrogens is 4. The van der Waals surface area contributed by atoms with Crippen LogP contribution in [0.15, 0.2) is 41.5 Å². The van der Waals surface area contributed by atoms with Crippen LogP contribution in [0.2, 0.25) is 0 Å². The third-order valence-electron chi connectivity index (χ3n) is 4.71. The molecule has 3 aromatic rings. The minimum absolute atomic E-state index is 0.0347. The molecule has 2 aromatic heterocycles. The monoisotopic (exact) mass is 539 g/mol. The number of aryl methyl sites for hydroxylation is 1. The Bertz CT molecular complexity index is 1260. The van der Waals surface area contributed by atoms with E-state index in [4.69, 9.17) is 13.8 Å². The number of benzene rings is 1. The molecule has 36 heavy (non-hydrogen) atoms. The largest absolute Gasteiger partial charge is 0.405 e. The summed E-state index contributed by atoms with van der Waals surface area (Å²) in [6, 6.07) is 9.34. The van der Waals surface area contributed by atoms with Crippen molar-refractivity contribution in [1.82, 2.24) is 24.6 Å². The van der Waals surface area contributed by atoms with Crippen molar-refractivity contribution < 1.29 is 28.3 Å². The number of hydrogen-bond acceptors (Lipinski definition) is 10. The highest BCUT2D eigenvalue weighted by Gasteiger charge is 2.27. The van der Waals surface area contributed by atoms with Gasteiger partial charge in [0.1, 0.15) is 18.2 Å². The van der Waals surface area contributed by atoms with E-state index in [1.165, 1.54) is 20.2 Å². The van der Waals surface area contributed by atoms with Gasteiger partial charge in [0.25, 0.3) is 5.56 Å². The van der Waals surface area contributed by atoms with Crippen molar-refractivity contribution >= 4 is 35.8 Å². The van der Waals surface area contributed by atoms with Crippen LogP contribution in [-0.4, -0.2) is 60.9 Å². The molecule has 0 saturated heterocycles. The van der Waals surface area contributed by atoms with Crippen LogP contribution in [0.25, 0.3) is 11.2 Å². The van der Waals surface area contributed by atoms with Gasteiger partial charge in [0.2, 0.25) is 5.12 Å². The molecule has 1 aromatic carbocycles. The molecule has 0 amide bonds. The highest BCUT2D eigenvalue weighted by molar-refractivity contribution is 8.13. The van der Waals surface area contributed by atoms with Crippen molar-refractivity contribution in [1.29, 1.82) is 0 Å². The lowest BCUT2D eigenvalue weighted by Crippen LogP contribution is -2.29. The van der Waals surface area contributed by atoms with Gasteiger partial charge in [-0.3, -0.25) is 23.2 Å². The van der Waals surface area contributed by atoms with Crippen LogP contribution in [0.5, 0.6) is 0 Å². The summed E-state index contributed by atoms with van der Waals surface area (Å²) in [5.74, 6) is 0.654. The third kappa shape index (κ3) is 8.34. The molecule has 0 aliphatic heterocycles. The Kier molecular flexibility index (Phi) is 9.97. The van der Waals surface area contributed by atoms with Gasteiger partial charge in [-0.25, -0.2) is 19.6 Å². The quantitative estimate of drug-likeness (QED) is 0.204. The fourth-order valence-electron chi connectivity index (χ4n) is 2.92. The van der Waals surface area contributed by atoms with E-state index in [1.807, 2.05) is 30.3 Å². The average Bonchev–Trinajstić information content (AvgIpc) is 3.23. The number of rotatable bonds is 14. The zero-order valence-electron chi connectivity index (χ0n) is 20.3. The van der Waals surface area contributed by atoms with Crippen LogP contribution in [0.4, 0.5) is 0 Å².